The summed E-state index contributed by atoms with van der Waals surface area (Å²) in [6, 6.07) is 0. The Balaban J connectivity index is -0.0000000811. The molecule has 0 aromatic rings. The Morgan fingerprint density at radius 3 is 1.57 bits per heavy atom. The summed E-state index contributed by atoms with van der Waals surface area (Å²) in [4.78, 5) is 0. The van der Waals surface area contributed by atoms with Crippen LogP contribution in [0.15, 0.2) is 0 Å². The Morgan fingerprint density at radius 1 is 0.957 bits per heavy atom. The Labute approximate surface area is 189 Å². The summed E-state index contributed by atoms with van der Waals surface area (Å²) in [6.07, 6.45) is 0. The van der Waals surface area contributed by atoms with E-state index in [1.807, 2.05) is 0 Å². The van der Waals surface area contributed by atoms with Gasteiger partial charge >= 0.3 is 63.5 Å². The van der Waals surface area contributed by atoms with E-state index in [1.54, 1.807) is 0 Å². The molecule has 0 bridgehead atoms. The molecule has 0 atom stereocenters. The molecule has 0 spiro atoms. The van der Waals surface area contributed by atoms with Crippen LogP contribution in [0.25, 0.3) is 0 Å². The van der Waals surface area contributed by atoms with Gasteiger partial charge in [0.15, 0.2) is 0 Å². The van der Waals surface area contributed by atoms with Crippen molar-refractivity contribution in [2.75, 3.05) is 0 Å². The Bertz CT molecular complexity index is 588. The van der Waals surface area contributed by atoms with Crippen molar-refractivity contribution in [3.63, 3.8) is 0 Å². The average Bonchev–Trinajstić information content (AvgIpc) is 2.35. The first-order valence-electron chi connectivity index (χ1n) is 2.83. The van der Waals surface area contributed by atoms with Crippen molar-refractivity contribution in [3.05, 3.63) is 0 Å². The fourth-order valence-corrected chi connectivity index (χ4v) is 1.19. The molecular weight excluding hydrogens is 640 g/mol. The second-order valence-electron chi connectivity index (χ2n) is 1.49. The van der Waals surface area contributed by atoms with Gasteiger partial charge in [0, 0.05) is 51.2 Å². The number of hydrogen-bond acceptors (Lipinski definition) is 14. The topological polar surface area (TPSA) is 169 Å². The van der Waals surface area contributed by atoms with Crippen LogP contribution >= 0.6 is 13.5 Å². The van der Waals surface area contributed by atoms with Gasteiger partial charge < -0.3 is 8.42 Å². The van der Waals surface area contributed by atoms with Crippen LogP contribution < -0.4 is 0 Å². The van der Waals surface area contributed by atoms with E-state index in [2.05, 4.69) is 47.2 Å². The maximum absolute atomic E-state index is 10.3. The first kappa shape index (κ1) is 40.4. The standard InChI is InChI=1S/4Fe.HO12S3.S3.H2S/c;;;;1-8-14(4,5)11-12-15(6,7)10-9-13(2)3;1-3-2;/h;;;;1H;;1H2/q;;;;-1;;. The summed E-state index contributed by atoms with van der Waals surface area (Å²) in [5.74, 6) is 0. The minimum atomic E-state index is -5.23. The zero-order valence-electron chi connectivity index (χ0n) is 9.30. The van der Waals surface area contributed by atoms with Crippen molar-refractivity contribution in [1.29, 1.82) is 0 Å². The molecule has 12 nitrogen and oxygen atoms in total. The largest absolute Gasteiger partial charge is 0 e. The Morgan fingerprint density at radius 2 is 1.30 bits per heavy atom. The van der Waals surface area contributed by atoms with E-state index in [-0.39, 0.29) is 64.7 Å². The SMILES string of the molecule is O=[S-](=O)OOS(=O)(=O)OOS(=O)(=O)OO.S.S=S=[S]=[Fe].[Fe].[Fe].[Fe]. The molecular formula is H3Fe4O12S7-. The normalized spacial score (nSPS) is 9.52. The van der Waals surface area contributed by atoms with Gasteiger partial charge in [0.25, 0.3) is 0 Å². The van der Waals surface area contributed by atoms with Crippen LogP contribution in [0.4, 0.5) is 0 Å². The summed E-state index contributed by atoms with van der Waals surface area (Å²) >= 11 is 7.75. The van der Waals surface area contributed by atoms with Crippen LogP contribution in [-0.4, -0.2) is 22.1 Å². The zero-order chi connectivity index (χ0) is 15.5. The van der Waals surface area contributed by atoms with E-state index in [9.17, 15) is 25.3 Å². The van der Waals surface area contributed by atoms with E-state index in [1.165, 1.54) is 17.1 Å². The molecule has 0 amide bonds. The van der Waals surface area contributed by atoms with Crippen LogP contribution in [0.5, 0.6) is 0 Å². The molecule has 0 heterocycles. The van der Waals surface area contributed by atoms with Crippen LogP contribution in [0, 0.1) is 0 Å². The van der Waals surface area contributed by atoms with Gasteiger partial charge in [-0.25, -0.2) is 5.26 Å². The molecule has 0 aliphatic rings. The van der Waals surface area contributed by atoms with E-state index in [0.717, 1.165) is 0 Å². The number of rotatable bonds is 7. The maximum atomic E-state index is 10.3. The predicted octanol–water partition coefficient (Wildman–Crippen LogP) is -1.82. The second-order valence-corrected chi connectivity index (χ2v) is 8.13. The van der Waals surface area contributed by atoms with Gasteiger partial charge in [0.2, 0.25) is 0 Å². The minimum Gasteiger partial charge on any atom is 0 e. The van der Waals surface area contributed by atoms with E-state index >= 15 is 0 Å². The second kappa shape index (κ2) is 22.7. The monoisotopic (exact) mass is 643 g/mol. The molecule has 150 valence electrons. The van der Waals surface area contributed by atoms with Crippen molar-refractivity contribution in [3.8, 4) is 0 Å². The third kappa shape index (κ3) is 32.8. The number of hydrogen-bond donors (Lipinski definition) is 1. The van der Waals surface area contributed by atoms with E-state index < -0.39 is 31.8 Å². The van der Waals surface area contributed by atoms with E-state index in [0.29, 0.717) is 0 Å². The predicted molar refractivity (Wildman–Crippen MR) is 67.1 cm³/mol. The van der Waals surface area contributed by atoms with E-state index in [4.69, 9.17) is 5.26 Å². The molecule has 1 N–H and O–H groups in total. The molecule has 0 saturated heterocycles. The summed E-state index contributed by atoms with van der Waals surface area (Å²) in [6.45, 7) is 0. The third-order valence-corrected chi connectivity index (χ3v) is 4.37. The molecule has 0 fully saturated rings. The summed E-state index contributed by atoms with van der Waals surface area (Å²) in [5, 5.41) is 7.55. The van der Waals surface area contributed by atoms with Gasteiger partial charge in [0.05, 0.1) is 11.0 Å². The first-order chi connectivity index (χ1) is 8.60. The van der Waals surface area contributed by atoms with Crippen molar-refractivity contribution in [1.82, 2.24) is 0 Å². The fraction of sp³-hybridized carbons (Fsp3) is 0. The molecule has 0 aromatic heterocycles. The summed E-state index contributed by atoms with van der Waals surface area (Å²) < 4.78 is 74.7. The zero-order valence-corrected chi connectivity index (χ0v) is 19.6. The third-order valence-electron chi connectivity index (χ3n) is 0.476. The molecule has 0 aliphatic carbocycles. The maximum Gasteiger partial charge on any atom is 0 e. The quantitative estimate of drug-likeness (QED) is 0.143. The Hall–Kier alpha value is 2.70. The van der Waals surface area contributed by atoms with Crippen LogP contribution in [0.2, 0.25) is 0 Å². The minimum absolute atomic E-state index is 0. The van der Waals surface area contributed by atoms with Crippen LogP contribution in [-0.2, 0) is 156 Å². The van der Waals surface area contributed by atoms with Crippen molar-refractivity contribution in [2.24, 2.45) is 0 Å². The van der Waals surface area contributed by atoms with Gasteiger partial charge in [-0.05, 0) is 0 Å². The smallest absolute Gasteiger partial charge is 0 e. The molecule has 23 heteroatoms. The molecule has 0 aromatic carbocycles. The van der Waals surface area contributed by atoms with Gasteiger partial charge in [0.1, 0.15) is 0 Å². The molecule has 0 saturated carbocycles. The van der Waals surface area contributed by atoms with Crippen molar-refractivity contribution >= 4 is 73.6 Å². The van der Waals surface area contributed by atoms with Crippen LogP contribution in [0.3, 0.4) is 0 Å². The fourth-order valence-electron chi connectivity index (χ4n) is 0.149. The summed E-state index contributed by atoms with van der Waals surface area (Å²) in [5.41, 5.74) is 0. The molecule has 0 unspecified atom stereocenters. The molecule has 0 radical (unpaired) electrons. The molecule has 0 rings (SSSR count). The van der Waals surface area contributed by atoms with Crippen molar-refractivity contribution in [2.45, 2.75) is 0 Å². The molecule has 23 heavy (non-hydrogen) atoms. The Kier molecular flexibility index (Phi) is 39.9. The van der Waals surface area contributed by atoms with Crippen molar-refractivity contribution < 1.29 is 118 Å². The van der Waals surface area contributed by atoms with Crippen LogP contribution in [0.1, 0.15) is 0 Å². The summed E-state index contributed by atoms with van der Waals surface area (Å²) in [7, 11) is -11.1. The van der Waals surface area contributed by atoms with Gasteiger partial charge in [-0.2, -0.15) is 30.3 Å². The van der Waals surface area contributed by atoms with Gasteiger partial charge in [-0.1, -0.05) is 17.3 Å². The average molecular weight is 643 g/mol. The molecule has 0 aliphatic heterocycles. The first-order valence-corrected chi connectivity index (χ1v) is 10.8. The van der Waals surface area contributed by atoms with Gasteiger partial charge in [-0.15, -0.1) is 0 Å². The van der Waals surface area contributed by atoms with Gasteiger partial charge in [-0.3, -0.25) is 4.33 Å².